The summed E-state index contributed by atoms with van der Waals surface area (Å²) in [4.78, 5) is 35.5. The Hall–Kier alpha value is -4.33. The lowest BCUT2D eigenvalue weighted by Gasteiger charge is -2.09. The zero-order valence-electron chi connectivity index (χ0n) is 17.8. The van der Waals surface area contributed by atoms with E-state index in [9.17, 15) is 14.4 Å². The molecule has 0 aliphatic rings. The zero-order chi connectivity index (χ0) is 23.2. The van der Waals surface area contributed by atoms with Gasteiger partial charge >= 0.3 is 11.6 Å². The molecule has 0 unspecified atom stereocenters. The second-order valence-corrected chi connectivity index (χ2v) is 7.32. The number of fused-ring (bicyclic) bond motifs is 1. The van der Waals surface area contributed by atoms with Gasteiger partial charge in [0.2, 0.25) is 0 Å². The molecule has 33 heavy (non-hydrogen) atoms. The molecule has 0 aliphatic heterocycles. The molecular formula is C25H21NO7. The van der Waals surface area contributed by atoms with Crippen molar-refractivity contribution < 1.29 is 27.9 Å². The summed E-state index contributed by atoms with van der Waals surface area (Å²) in [5.74, 6) is 0.137. The van der Waals surface area contributed by atoms with Gasteiger partial charge in [-0.25, -0.2) is 9.59 Å². The van der Waals surface area contributed by atoms with Crippen LogP contribution in [0.4, 0.5) is 0 Å². The summed E-state index contributed by atoms with van der Waals surface area (Å²) >= 11 is 0. The van der Waals surface area contributed by atoms with E-state index in [4.69, 9.17) is 18.3 Å². The van der Waals surface area contributed by atoms with Gasteiger partial charge < -0.3 is 23.6 Å². The van der Waals surface area contributed by atoms with Gasteiger partial charge in [-0.1, -0.05) is 12.1 Å². The van der Waals surface area contributed by atoms with E-state index >= 15 is 0 Å². The summed E-state index contributed by atoms with van der Waals surface area (Å²) < 4.78 is 21.2. The van der Waals surface area contributed by atoms with E-state index < -0.39 is 17.5 Å². The molecule has 0 bridgehead atoms. The maximum atomic E-state index is 12.2. The third kappa shape index (κ3) is 5.68. The Balaban J connectivity index is 1.28. The number of rotatable bonds is 8. The molecule has 0 saturated heterocycles. The molecule has 2 aromatic heterocycles. The van der Waals surface area contributed by atoms with Crippen molar-refractivity contribution in [1.82, 2.24) is 5.32 Å². The first-order valence-electron chi connectivity index (χ1n) is 10.2. The number of nitrogens with one attached hydrogen (secondary N) is 1. The first kappa shape index (κ1) is 21.9. The van der Waals surface area contributed by atoms with Crippen molar-refractivity contribution in [3.63, 3.8) is 0 Å². The molecule has 2 heterocycles. The Kier molecular flexibility index (Phi) is 6.54. The molecule has 8 heteroatoms. The quantitative estimate of drug-likeness (QED) is 0.324. The van der Waals surface area contributed by atoms with Crippen LogP contribution in [-0.2, 0) is 22.7 Å². The first-order valence-corrected chi connectivity index (χ1v) is 10.2. The SMILES string of the molecule is Cc1cc(=O)oc2cc(OCc3ccc(C(=O)OCC(=O)NCc4ccco4)cc3)ccc12. The number of esters is 1. The van der Waals surface area contributed by atoms with E-state index in [2.05, 4.69) is 5.32 Å². The van der Waals surface area contributed by atoms with E-state index in [1.807, 2.05) is 13.0 Å². The number of hydrogen-bond acceptors (Lipinski definition) is 7. The second kappa shape index (κ2) is 9.86. The molecule has 168 valence electrons. The Bertz CT molecular complexity index is 1320. The Labute approximate surface area is 188 Å². The minimum absolute atomic E-state index is 0.223. The normalized spacial score (nSPS) is 10.7. The molecule has 1 amide bonds. The van der Waals surface area contributed by atoms with Gasteiger partial charge in [-0.15, -0.1) is 0 Å². The lowest BCUT2D eigenvalue weighted by molar-refractivity contribution is -0.124. The molecule has 0 saturated carbocycles. The summed E-state index contributed by atoms with van der Waals surface area (Å²) in [6, 6.07) is 16.9. The van der Waals surface area contributed by atoms with E-state index in [-0.39, 0.29) is 19.8 Å². The maximum absolute atomic E-state index is 12.2. The monoisotopic (exact) mass is 447 g/mol. The first-order chi connectivity index (χ1) is 16.0. The van der Waals surface area contributed by atoms with Crippen LogP contribution in [0.3, 0.4) is 0 Å². The van der Waals surface area contributed by atoms with Gasteiger partial charge in [0, 0.05) is 17.5 Å². The number of ether oxygens (including phenoxy) is 2. The van der Waals surface area contributed by atoms with Crippen molar-refractivity contribution in [3.8, 4) is 5.75 Å². The van der Waals surface area contributed by atoms with Crippen LogP contribution in [0, 0.1) is 6.92 Å². The van der Waals surface area contributed by atoms with Crippen LogP contribution in [0.15, 0.2) is 80.6 Å². The molecule has 0 aliphatic carbocycles. The topological polar surface area (TPSA) is 108 Å². The minimum atomic E-state index is -0.601. The fraction of sp³-hybridized carbons (Fsp3) is 0.160. The third-order valence-corrected chi connectivity index (χ3v) is 4.89. The lowest BCUT2D eigenvalue weighted by Crippen LogP contribution is -2.28. The summed E-state index contributed by atoms with van der Waals surface area (Å²) in [7, 11) is 0. The minimum Gasteiger partial charge on any atom is -0.489 e. The highest BCUT2D eigenvalue weighted by Gasteiger charge is 2.11. The van der Waals surface area contributed by atoms with Crippen LogP contribution >= 0.6 is 0 Å². The predicted octanol–water partition coefficient (Wildman–Crippen LogP) is 3.75. The lowest BCUT2D eigenvalue weighted by atomic mass is 10.1. The maximum Gasteiger partial charge on any atom is 0.338 e. The third-order valence-electron chi connectivity index (χ3n) is 4.89. The van der Waals surface area contributed by atoms with E-state index in [0.717, 1.165) is 16.5 Å². The van der Waals surface area contributed by atoms with Crippen molar-refractivity contribution in [3.05, 3.63) is 99.8 Å². The molecular weight excluding hydrogens is 426 g/mol. The Morgan fingerprint density at radius 2 is 1.85 bits per heavy atom. The van der Waals surface area contributed by atoms with Gasteiger partial charge in [0.15, 0.2) is 6.61 Å². The summed E-state index contributed by atoms with van der Waals surface area (Å²) in [5, 5.41) is 3.45. The number of aryl methyl sites for hydroxylation is 1. The average molecular weight is 447 g/mol. The van der Waals surface area contributed by atoms with Gasteiger partial charge in [0.1, 0.15) is 23.7 Å². The van der Waals surface area contributed by atoms with Crippen molar-refractivity contribution in [2.24, 2.45) is 0 Å². The molecule has 8 nitrogen and oxygen atoms in total. The fourth-order valence-corrected chi connectivity index (χ4v) is 3.16. The number of carbonyl (C=O) groups is 2. The zero-order valence-corrected chi connectivity index (χ0v) is 17.8. The van der Waals surface area contributed by atoms with Crippen LogP contribution in [0.5, 0.6) is 5.75 Å². The molecule has 0 fully saturated rings. The summed E-state index contributed by atoms with van der Waals surface area (Å²) in [5.41, 5.74) is 2.04. The van der Waals surface area contributed by atoms with Gasteiger partial charge in [0.25, 0.3) is 5.91 Å². The van der Waals surface area contributed by atoms with Gasteiger partial charge in [-0.3, -0.25) is 4.79 Å². The number of furan rings is 1. The highest BCUT2D eigenvalue weighted by Crippen LogP contribution is 2.23. The largest absolute Gasteiger partial charge is 0.489 e. The van der Waals surface area contributed by atoms with Crippen LogP contribution in [0.2, 0.25) is 0 Å². The van der Waals surface area contributed by atoms with E-state index in [0.29, 0.717) is 22.7 Å². The number of carbonyl (C=O) groups excluding carboxylic acids is 2. The average Bonchev–Trinajstić information content (AvgIpc) is 3.33. The van der Waals surface area contributed by atoms with Crippen LogP contribution in [-0.4, -0.2) is 18.5 Å². The Morgan fingerprint density at radius 1 is 1.03 bits per heavy atom. The van der Waals surface area contributed by atoms with E-state index in [1.165, 1.54) is 12.3 Å². The molecule has 4 rings (SSSR count). The number of hydrogen-bond donors (Lipinski definition) is 1. The Morgan fingerprint density at radius 3 is 2.61 bits per heavy atom. The fourth-order valence-electron chi connectivity index (χ4n) is 3.16. The molecule has 0 spiro atoms. The van der Waals surface area contributed by atoms with Crippen LogP contribution in [0.1, 0.15) is 27.2 Å². The number of benzene rings is 2. The van der Waals surface area contributed by atoms with Crippen LogP contribution in [0.25, 0.3) is 11.0 Å². The predicted molar refractivity (Wildman–Crippen MR) is 119 cm³/mol. The highest BCUT2D eigenvalue weighted by atomic mass is 16.5. The standard InChI is InChI=1S/C25H21NO7/c1-16-11-24(28)33-22-12-19(8-9-21(16)22)31-14-17-4-6-18(7-5-17)25(29)32-15-23(27)26-13-20-3-2-10-30-20/h2-12H,13-15H2,1H3,(H,26,27). The summed E-state index contributed by atoms with van der Waals surface area (Å²) in [6.45, 7) is 1.94. The molecule has 4 aromatic rings. The van der Waals surface area contributed by atoms with Crippen molar-refractivity contribution in [2.45, 2.75) is 20.1 Å². The van der Waals surface area contributed by atoms with Gasteiger partial charge in [-0.05, 0) is 54.4 Å². The molecule has 2 aromatic carbocycles. The molecule has 0 atom stereocenters. The molecule has 1 N–H and O–H groups in total. The smallest absolute Gasteiger partial charge is 0.338 e. The summed E-state index contributed by atoms with van der Waals surface area (Å²) in [6.07, 6.45) is 1.51. The van der Waals surface area contributed by atoms with Gasteiger partial charge in [0.05, 0.1) is 18.4 Å². The van der Waals surface area contributed by atoms with Crippen molar-refractivity contribution in [1.29, 1.82) is 0 Å². The highest BCUT2D eigenvalue weighted by molar-refractivity contribution is 5.91. The van der Waals surface area contributed by atoms with Crippen molar-refractivity contribution >= 4 is 22.8 Å². The molecule has 0 radical (unpaired) electrons. The van der Waals surface area contributed by atoms with E-state index in [1.54, 1.807) is 48.5 Å². The van der Waals surface area contributed by atoms with Crippen molar-refractivity contribution in [2.75, 3.05) is 6.61 Å². The van der Waals surface area contributed by atoms with Gasteiger partial charge in [-0.2, -0.15) is 0 Å². The number of amides is 1. The second-order valence-electron chi connectivity index (χ2n) is 7.32. The van der Waals surface area contributed by atoms with Crippen LogP contribution < -0.4 is 15.7 Å².